The van der Waals surface area contributed by atoms with Gasteiger partial charge in [-0.15, -0.1) is 0 Å². The zero-order chi connectivity index (χ0) is 16.4. The van der Waals surface area contributed by atoms with Gasteiger partial charge in [-0.05, 0) is 25.0 Å². The number of hydrogen-bond donors (Lipinski definition) is 2. The first-order valence-electron chi connectivity index (χ1n) is 7.33. The number of benzene rings is 1. The second-order valence-corrected chi connectivity index (χ2v) is 7.13. The fourth-order valence-corrected chi connectivity index (χ4v) is 4.10. The van der Waals surface area contributed by atoms with Crippen LogP contribution >= 0.6 is 0 Å². The van der Waals surface area contributed by atoms with Gasteiger partial charge < -0.3 is 9.88 Å². The first kappa shape index (κ1) is 15.7. The van der Waals surface area contributed by atoms with E-state index in [0.29, 0.717) is 25.1 Å². The second kappa shape index (κ2) is 6.13. The molecule has 0 bridgehead atoms. The second-order valence-electron chi connectivity index (χ2n) is 5.44. The Balaban J connectivity index is 1.64. The lowest BCUT2D eigenvalue weighted by Crippen LogP contribution is -2.51. The van der Waals surface area contributed by atoms with Crippen LogP contribution in [0.5, 0.6) is 0 Å². The van der Waals surface area contributed by atoms with Crippen molar-refractivity contribution in [3.8, 4) is 0 Å². The molecule has 0 unspecified atom stereocenters. The van der Waals surface area contributed by atoms with Crippen LogP contribution in [0.25, 0.3) is 0 Å². The number of nitrogens with one attached hydrogen (secondary N) is 2. The van der Waals surface area contributed by atoms with Crippen molar-refractivity contribution >= 4 is 15.9 Å². The van der Waals surface area contributed by atoms with Crippen molar-refractivity contribution in [2.75, 3.05) is 6.54 Å². The predicted octanol–water partition coefficient (Wildman–Crippen LogP) is 0.211. The molecule has 1 aliphatic heterocycles. The molecule has 122 valence electrons. The Morgan fingerprint density at radius 2 is 2.22 bits per heavy atom. The van der Waals surface area contributed by atoms with E-state index in [4.69, 9.17) is 0 Å². The number of hydrogen-bond acceptors (Lipinski definition) is 4. The van der Waals surface area contributed by atoms with Crippen LogP contribution < -0.4 is 10.0 Å². The first-order valence-corrected chi connectivity index (χ1v) is 8.81. The summed E-state index contributed by atoms with van der Waals surface area (Å²) < 4.78 is 28.7. The SMILES string of the molecule is Cc1nccn1CCNC(=O)[C@H]1Cc2ccccc2S(=O)(=O)N1. The summed E-state index contributed by atoms with van der Waals surface area (Å²) in [5.41, 5.74) is 0.664. The van der Waals surface area contributed by atoms with E-state index in [1.165, 1.54) is 0 Å². The van der Waals surface area contributed by atoms with Crippen LogP contribution in [0.3, 0.4) is 0 Å². The third-order valence-corrected chi connectivity index (χ3v) is 5.45. The van der Waals surface area contributed by atoms with E-state index >= 15 is 0 Å². The average molecular weight is 334 g/mol. The molecular formula is C15H18N4O3S. The molecule has 0 saturated carbocycles. The largest absolute Gasteiger partial charge is 0.353 e. The van der Waals surface area contributed by atoms with Crippen LogP contribution in [0, 0.1) is 6.92 Å². The van der Waals surface area contributed by atoms with E-state index in [2.05, 4.69) is 15.0 Å². The van der Waals surface area contributed by atoms with Gasteiger partial charge in [0.1, 0.15) is 11.9 Å². The molecule has 3 rings (SSSR count). The minimum Gasteiger partial charge on any atom is -0.353 e. The Labute approximate surface area is 134 Å². The van der Waals surface area contributed by atoms with Crippen molar-refractivity contribution in [3.05, 3.63) is 48.0 Å². The number of imidazole rings is 1. The number of fused-ring (bicyclic) bond motifs is 1. The zero-order valence-electron chi connectivity index (χ0n) is 12.7. The molecule has 8 heteroatoms. The minimum absolute atomic E-state index is 0.248. The molecule has 1 aromatic heterocycles. The molecule has 1 aliphatic rings. The summed E-state index contributed by atoms with van der Waals surface area (Å²) in [7, 11) is -3.64. The molecule has 7 nitrogen and oxygen atoms in total. The number of amides is 1. The van der Waals surface area contributed by atoms with Gasteiger partial charge in [-0.25, -0.2) is 13.4 Å². The summed E-state index contributed by atoms with van der Waals surface area (Å²) in [6.07, 6.45) is 3.88. The highest BCUT2D eigenvalue weighted by Gasteiger charge is 2.32. The Hall–Kier alpha value is -2.19. The number of nitrogens with zero attached hydrogens (tertiary/aromatic N) is 2. The normalized spacial score (nSPS) is 19.1. The van der Waals surface area contributed by atoms with Gasteiger partial charge in [0, 0.05) is 25.5 Å². The zero-order valence-corrected chi connectivity index (χ0v) is 13.5. The summed E-state index contributed by atoms with van der Waals surface area (Å²) >= 11 is 0. The molecule has 23 heavy (non-hydrogen) atoms. The Kier molecular flexibility index (Phi) is 4.18. The number of rotatable bonds is 4. The minimum atomic E-state index is -3.64. The molecule has 0 radical (unpaired) electrons. The first-order chi connectivity index (χ1) is 11.0. The summed E-state index contributed by atoms with van der Waals surface area (Å²) in [5, 5.41) is 2.77. The Bertz CT molecular complexity index is 829. The summed E-state index contributed by atoms with van der Waals surface area (Å²) in [4.78, 5) is 16.6. The van der Waals surface area contributed by atoms with Crippen LogP contribution in [0.2, 0.25) is 0 Å². The van der Waals surface area contributed by atoms with Gasteiger partial charge in [0.25, 0.3) is 0 Å². The highest BCUT2D eigenvalue weighted by molar-refractivity contribution is 7.89. The number of sulfonamides is 1. The van der Waals surface area contributed by atoms with Crippen molar-refractivity contribution in [1.29, 1.82) is 0 Å². The molecule has 1 aromatic carbocycles. The van der Waals surface area contributed by atoms with Crippen molar-refractivity contribution in [1.82, 2.24) is 19.6 Å². The predicted molar refractivity (Wildman–Crippen MR) is 84.2 cm³/mol. The Morgan fingerprint density at radius 1 is 1.43 bits per heavy atom. The van der Waals surface area contributed by atoms with E-state index in [-0.39, 0.29) is 10.8 Å². The molecule has 2 aromatic rings. The molecule has 0 fully saturated rings. The fraction of sp³-hybridized carbons (Fsp3) is 0.333. The van der Waals surface area contributed by atoms with E-state index < -0.39 is 16.1 Å². The van der Waals surface area contributed by atoms with Crippen molar-refractivity contribution in [3.63, 3.8) is 0 Å². The molecule has 0 aliphatic carbocycles. The molecule has 0 saturated heterocycles. The summed E-state index contributed by atoms with van der Waals surface area (Å²) in [5.74, 6) is 0.549. The molecule has 2 N–H and O–H groups in total. The lowest BCUT2D eigenvalue weighted by molar-refractivity contribution is -0.122. The molecule has 1 amide bonds. The van der Waals surface area contributed by atoms with Gasteiger partial charge in [-0.1, -0.05) is 18.2 Å². The quantitative estimate of drug-likeness (QED) is 0.836. The maximum absolute atomic E-state index is 12.2. The van der Waals surface area contributed by atoms with E-state index in [1.807, 2.05) is 17.7 Å². The van der Waals surface area contributed by atoms with Crippen molar-refractivity contribution in [2.45, 2.75) is 30.8 Å². The van der Waals surface area contributed by atoms with Crippen LogP contribution in [-0.4, -0.2) is 36.5 Å². The highest BCUT2D eigenvalue weighted by Crippen LogP contribution is 2.22. The van der Waals surface area contributed by atoms with Gasteiger partial charge >= 0.3 is 0 Å². The maximum Gasteiger partial charge on any atom is 0.241 e. The number of carbonyl (C=O) groups excluding carboxylic acids is 1. The lowest BCUT2D eigenvalue weighted by Gasteiger charge is -2.25. The topological polar surface area (TPSA) is 93.1 Å². The third kappa shape index (κ3) is 3.27. The fourth-order valence-electron chi connectivity index (χ4n) is 2.66. The smallest absolute Gasteiger partial charge is 0.241 e. The molecular weight excluding hydrogens is 316 g/mol. The van der Waals surface area contributed by atoms with Gasteiger partial charge in [-0.2, -0.15) is 4.72 Å². The van der Waals surface area contributed by atoms with Gasteiger partial charge in [0.05, 0.1) is 4.90 Å². The van der Waals surface area contributed by atoms with Crippen LogP contribution in [-0.2, 0) is 27.8 Å². The molecule has 0 spiro atoms. The molecule has 1 atom stereocenters. The van der Waals surface area contributed by atoms with Gasteiger partial charge in [0.2, 0.25) is 15.9 Å². The summed E-state index contributed by atoms with van der Waals surface area (Å²) in [6, 6.07) is 5.96. The van der Waals surface area contributed by atoms with Crippen LogP contribution in [0.4, 0.5) is 0 Å². The van der Waals surface area contributed by atoms with Gasteiger partial charge in [0.15, 0.2) is 0 Å². The van der Waals surface area contributed by atoms with E-state index in [0.717, 1.165) is 5.82 Å². The summed E-state index contributed by atoms with van der Waals surface area (Å²) in [6.45, 7) is 2.89. The maximum atomic E-state index is 12.2. The highest BCUT2D eigenvalue weighted by atomic mass is 32.2. The van der Waals surface area contributed by atoms with Crippen LogP contribution in [0.15, 0.2) is 41.6 Å². The Morgan fingerprint density at radius 3 is 2.96 bits per heavy atom. The van der Waals surface area contributed by atoms with Crippen molar-refractivity contribution < 1.29 is 13.2 Å². The number of aryl methyl sites for hydroxylation is 1. The molecule has 2 heterocycles. The lowest BCUT2D eigenvalue weighted by atomic mass is 10.1. The monoisotopic (exact) mass is 334 g/mol. The standard InChI is InChI=1S/C15H18N4O3S/c1-11-16-6-8-19(11)9-7-17-15(20)13-10-12-4-2-3-5-14(12)23(21,22)18-13/h2-6,8,13,18H,7,9-10H2,1H3,(H,17,20)/t13-/m1/s1. The van der Waals surface area contributed by atoms with Crippen molar-refractivity contribution in [2.24, 2.45) is 0 Å². The number of aromatic nitrogens is 2. The number of carbonyl (C=O) groups is 1. The van der Waals surface area contributed by atoms with E-state index in [9.17, 15) is 13.2 Å². The van der Waals surface area contributed by atoms with Crippen LogP contribution in [0.1, 0.15) is 11.4 Å². The van der Waals surface area contributed by atoms with Gasteiger partial charge in [-0.3, -0.25) is 4.79 Å². The third-order valence-electron chi connectivity index (χ3n) is 3.88. The van der Waals surface area contributed by atoms with E-state index in [1.54, 1.807) is 30.5 Å². The average Bonchev–Trinajstić information content (AvgIpc) is 2.92.